The van der Waals surface area contributed by atoms with Gasteiger partial charge in [0.15, 0.2) is 0 Å². The van der Waals surface area contributed by atoms with E-state index >= 15 is 0 Å². The van der Waals surface area contributed by atoms with Gasteiger partial charge in [-0.1, -0.05) is 18.2 Å². The second kappa shape index (κ2) is 12.5. The topological polar surface area (TPSA) is 79.0 Å². The molecule has 0 radical (unpaired) electrons. The van der Waals surface area contributed by atoms with Crippen LogP contribution >= 0.6 is 0 Å². The lowest BCUT2D eigenvalue weighted by molar-refractivity contribution is 0.307. The molecule has 0 saturated heterocycles. The van der Waals surface area contributed by atoms with Gasteiger partial charge in [-0.25, -0.2) is 0 Å². The Morgan fingerprint density at radius 3 is 1.82 bits per heavy atom. The van der Waals surface area contributed by atoms with Crippen molar-refractivity contribution < 1.29 is 0 Å². The van der Waals surface area contributed by atoms with Gasteiger partial charge in [0, 0.05) is 29.5 Å². The van der Waals surface area contributed by atoms with E-state index < -0.39 is 0 Å². The van der Waals surface area contributed by atoms with Crippen molar-refractivity contribution in [1.82, 2.24) is 20.0 Å². The van der Waals surface area contributed by atoms with Gasteiger partial charge in [-0.3, -0.25) is 29.9 Å². The van der Waals surface area contributed by atoms with Crippen molar-refractivity contribution in [2.75, 3.05) is 26.2 Å². The van der Waals surface area contributed by atoms with Crippen LogP contribution in [0.15, 0.2) is 57.6 Å². The molecular weight excluding hydrogens is 422 g/mol. The third-order valence-corrected chi connectivity index (χ3v) is 5.22. The van der Waals surface area contributed by atoms with Crippen molar-refractivity contribution in [3.63, 3.8) is 0 Å². The minimum atomic E-state index is 0.607. The first-order valence-electron chi connectivity index (χ1n) is 11.5. The molecule has 0 aliphatic heterocycles. The Bertz CT molecular complexity index is 1180. The Balaban J connectivity index is 1.65. The van der Waals surface area contributed by atoms with E-state index in [1.54, 1.807) is 0 Å². The summed E-state index contributed by atoms with van der Waals surface area (Å²) in [4.78, 5) is 22.7. The minimum absolute atomic E-state index is 0.607. The standard InChI is InChI=1S/C27H33N7/c1-20-9-11-23(4)32-26(20)18-29-14-16-34(30-19-27-21(2)10-12-24(5)33-27)15-13-28-17-25-8-6-7-22(3)31-25/h6-12,17-19H,13-16H2,1-5H3/b28-17?,29-18?,30-19+. The van der Waals surface area contributed by atoms with Crippen LogP contribution in [0.1, 0.15) is 45.3 Å². The summed E-state index contributed by atoms with van der Waals surface area (Å²) in [7, 11) is 0. The van der Waals surface area contributed by atoms with Gasteiger partial charge in [0.05, 0.1) is 49.5 Å². The number of hydrogen-bond donors (Lipinski definition) is 0. The third-order valence-electron chi connectivity index (χ3n) is 5.22. The van der Waals surface area contributed by atoms with Crippen molar-refractivity contribution in [3.05, 3.63) is 87.8 Å². The van der Waals surface area contributed by atoms with Gasteiger partial charge < -0.3 is 0 Å². The first kappa shape index (κ1) is 24.9. The molecule has 7 nitrogen and oxygen atoms in total. The average Bonchev–Trinajstić information content (AvgIpc) is 2.81. The summed E-state index contributed by atoms with van der Waals surface area (Å²) in [5.41, 5.74) is 7.79. The highest BCUT2D eigenvalue weighted by atomic mass is 15.4. The van der Waals surface area contributed by atoms with Crippen molar-refractivity contribution in [1.29, 1.82) is 0 Å². The lowest BCUT2D eigenvalue weighted by Gasteiger charge is -2.17. The van der Waals surface area contributed by atoms with E-state index in [4.69, 9.17) is 5.10 Å². The molecule has 0 fully saturated rings. The molecule has 176 valence electrons. The van der Waals surface area contributed by atoms with E-state index in [9.17, 15) is 0 Å². The van der Waals surface area contributed by atoms with Gasteiger partial charge in [0.25, 0.3) is 0 Å². The predicted molar refractivity (Wildman–Crippen MR) is 140 cm³/mol. The van der Waals surface area contributed by atoms with Gasteiger partial charge >= 0.3 is 0 Å². The summed E-state index contributed by atoms with van der Waals surface area (Å²) in [6.07, 6.45) is 5.48. The largest absolute Gasteiger partial charge is 0.293 e. The molecular formula is C27H33N7. The monoisotopic (exact) mass is 455 g/mol. The number of hydrogen-bond acceptors (Lipinski definition) is 7. The molecule has 0 aliphatic rings. The van der Waals surface area contributed by atoms with Crippen molar-refractivity contribution in [3.8, 4) is 0 Å². The maximum Gasteiger partial charge on any atom is 0.0862 e. The Labute approximate surface area is 202 Å². The maximum atomic E-state index is 4.70. The Hall–Kier alpha value is -3.74. The fourth-order valence-corrected chi connectivity index (χ4v) is 3.21. The molecule has 0 spiro atoms. The number of pyridine rings is 3. The van der Waals surface area contributed by atoms with Gasteiger partial charge in [-0.2, -0.15) is 5.10 Å². The highest BCUT2D eigenvalue weighted by molar-refractivity contribution is 5.79. The van der Waals surface area contributed by atoms with E-state index in [0.717, 1.165) is 45.3 Å². The fraction of sp³-hybridized carbons (Fsp3) is 0.333. The SMILES string of the molecule is Cc1cccc(C=NCCN(CCN=Cc2nc(C)ccc2C)/N=C/c2nc(C)ccc2C)n1. The van der Waals surface area contributed by atoms with Crippen LogP contribution in [0.4, 0.5) is 0 Å². The summed E-state index contributed by atoms with van der Waals surface area (Å²) in [5, 5.41) is 6.68. The number of hydrazone groups is 1. The zero-order valence-electron chi connectivity index (χ0n) is 20.7. The zero-order chi connectivity index (χ0) is 24.3. The van der Waals surface area contributed by atoms with Crippen LogP contribution in [-0.4, -0.2) is 64.8 Å². The van der Waals surface area contributed by atoms with Crippen LogP contribution in [0, 0.1) is 34.6 Å². The normalized spacial score (nSPS) is 11.8. The van der Waals surface area contributed by atoms with Crippen LogP contribution in [0.25, 0.3) is 0 Å². The Kier molecular flexibility index (Phi) is 9.14. The summed E-state index contributed by atoms with van der Waals surface area (Å²) < 4.78 is 0. The molecule has 0 N–H and O–H groups in total. The first-order chi connectivity index (χ1) is 16.4. The molecule has 34 heavy (non-hydrogen) atoms. The minimum Gasteiger partial charge on any atom is -0.293 e. The molecule has 0 aromatic carbocycles. The van der Waals surface area contributed by atoms with E-state index in [0.29, 0.717) is 26.2 Å². The molecule has 0 unspecified atom stereocenters. The van der Waals surface area contributed by atoms with E-state index in [2.05, 4.69) is 37.1 Å². The fourth-order valence-electron chi connectivity index (χ4n) is 3.21. The first-order valence-corrected chi connectivity index (χ1v) is 11.5. The Morgan fingerprint density at radius 2 is 1.21 bits per heavy atom. The van der Waals surface area contributed by atoms with Gasteiger partial charge in [0.2, 0.25) is 0 Å². The smallest absolute Gasteiger partial charge is 0.0862 e. The number of nitrogens with zero attached hydrogens (tertiary/aromatic N) is 7. The second-order valence-electron chi connectivity index (χ2n) is 8.28. The number of aromatic nitrogens is 3. The van der Waals surface area contributed by atoms with E-state index in [1.807, 2.05) is 88.6 Å². The average molecular weight is 456 g/mol. The molecule has 0 atom stereocenters. The van der Waals surface area contributed by atoms with Gasteiger partial charge in [-0.15, -0.1) is 0 Å². The molecule has 0 amide bonds. The van der Waals surface area contributed by atoms with Crippen LogP contribution in [0.2, 0.25) is 0 Å². The lowest BCUT2D eigenvalue weighted by Crippen LogP contribution is -2.24. The number of aryl methyl sites for hydroxylation is 5. The summed E-state index contributed by atoms with van der Waals surface area (Å²) in [5.74, 6) is 0. The number of rotatable bonds is 10. The lowest BCUT2D eigenvalue weighted by atomic mass is 10.2. The van der Waals surface area contributed by atoms with Gasteiger partial charge in [-0.05, 0) is 70.0 Å². The van der Waals surface area contributed by atoms with E-state index in [-0.39, 0.29) is 0 Å². The van der Waals surface area contributed by atoms with Crippen LogP contribution in [0.5, 0.6) is 0 Å². The highest BCUT2D eigenvalue weighted by Crippen LogP contribution is 2.05. The molecule has 3 rings (SSSR count). The van der Waals surface area contributed by atoms with Crippen molar-refractivity contribution in [2.45, 2.75) is 34.6 Å². The second-order valence-corrected chi connectivity index (χ2v) is 8.28. The molecule has 3 heterocycles. The van der Waals surface area contributed by atoms with Crippen LogP contribution in [0.3, 0.4) is 0 Å². The van der Waals surface area contributed by atoms with Crippen molar-refractivity contribution >= 4 is 18.6 Å². The number of aliphatic imine (C=N–C) groups is 2. The van der Waals surface area contributed by atoms with Crippen molar-refractivity contribution in [2.24, 2.45) is 15.1 Å². The summed E-state index contributed by atoms with van der Waals surface area (Å²) in [6, 6.07) is 14.1. The molecule has 0 bridgehead atoms. The van der Waals surface area contributed by atoms with Gasteiger partial charge in [0.1, 0.15) is 0 Å². The molecule has 0 saturated carbocycles. The highest BCUT2D eigenvalue weighted by Gasteiger charge is 2.03. The van der Waals surface area contributed by atoms with E-state index in [1.165, 1.54) is 0 Å². The molecule has 7 heteroatoms. The maximum absolute atomic E-state index is 4.70. The van der Waals surface area contributed by atoms with Crippen LogP contribution in [-0.2, 0) is 0 Å². The Morgan fingerprint density at radius 1 is 0.647 bits per heavy atom. The molecule has 3 aromatic rings. The quantitative estimate of drug-likeness (QED) is 0.337. The van der Waals surface area contributed by atoms with Crippen LogP contribution < -0.4 is 0 Å². The zero-order valence-corrected chi connectivity index (χ0v) is 20.7. The third kappa shape index (κ3) is 7.99. The summed E-state index contributed by atoms with van der Waals surface area (Å²) in [6.45, 7) is 12.6. The summed E-state index contributed by atoms with van der Waals surface area (Å²) >= 11 is 0. The molecule has 3 aromatic heterocycles. The molecule has 0 aliphatic carbocycles. The predicted octanol–water partition coefficient (Wildman–Crippen LogP) is 4.29.